The van der Waals surface area contributed by atoms with Crippen molar-refractivity contribution in [2.24, 2.45) is 29.1 Å². The molecule has 180 valence electrons. The second-order valence-electron chi connectivity index (χ2n) is 11.0. The molecule has 4 aliphatic carbocycles. The van der Waals surface area contributed by atoms with Crippen molar-refractivity contribution >= 4 is 17.7 Å². The molecule has 0 saturated heterocycles. The number of nitrogens with one attached hydrogen (secondary N) is 2. The third-order valence-electron chi connectivity index (χ3n) is 8.16. The van der Waals surface area contributed by atoms with Gasteiger partial charge in [-0.2, -0.15) is 0 Å². The zero-order valence-corrected chi connectivity index (χ0v) is 19.9. The highest BCUT2D eigenvalue weighted by Crippen LogP contribution is 2.62. The monoisotopic (exact) mass is 461 g/mol. The van der Waals surface area contributed by atoms with Crippen LogP contribution in [0.2, 0.25) is 0 Å². The number of aromatic nitrogens is 1. The third-order valence-corrected chi connectivity index (χ3v) is 8.16. The number of ether oxygens (including phenoxy) is 1. The van der Waals surface area contributed by atoms with Crippen LogP contribution in [0.3, 0.4) is 0 Å². The summed E-state index contributed by atoms with van der Waals surface area (Å²) in [7, 11) is 0. The molecule has 2 amide bonds. The summed E-state index contributed by atoms with van der Waals surface area (Å²) < 4.78 is 5.53. The summed E-state index contributed by atoms with van der Waals surface area (Å²) >= 11 is 0. The molecule has 4 bridgehead atoms. The van der Waals surface area contributed by atoms with E-state index in [0.29, 0.717) is 41.9 Å². The minimum absolute atomic E-state index is 0.104. The summed E-state index contributed by atoms with van der Waals surface area (Å²) in [4.78, 5) is 29.2. The number of hydrogen-bond acceptors (Lipinski definition) is 4. The van der Waals surface area contributed by atoms with Gasteiger partial charge in [0, 0.05) is 18.7 Å². The molecular weight excluding hydrogens is 426 g/mol. The minimum atomic E-state index is -0.131. The Labute approximate surface area is 201 Å². The van der Waals surface area contributed by atoms with E-state index in [4.69, 9.17) is 4.74 Å². The van der Waals surface area contributed by atoms with Crippen molar-refractivity contribution in [2.45, 2.75) is 64.5 Å². The van der Waals surface area contributed by atoms with Crippen LogP contribution in [0.1, 0.15) is 57.4 Å². The molecule has 34 heavy (non-hydrogen) atoms. The van der Waals surface area contributed by atoms with Crippen molar-refractivity contribution in [3.8, 4) is 0 Å². The fraction of sp³-hybridized carbons (Fsp3) is 0.536. The quantitative estimate of drug-likeness (QED) is 0.505. The van der Waals surface area contributed by atoms with Gasteiger partial charge in [-0.15, -0.1) is 0 Å². The number of esters is 1. The maximum atomic E-state index is 12.6. The Hall–Kier alpha value is -2.89. The van der Waals surface area contributed by atoms with Crippen LogP contribution in [-0.2, 0) is 16.1 Å². The van der Waals surface area contributed by atoms with E-state index in [-0.39, 0.29) is 18.0 Å². The number of nitrogens with zero attached hydrogens (tertiary/aromatic N) is 1. The molecule has 4 aliphatic rings. The first-order valence-corrected chi connectivity index (χ1v) is 12.7. The lowest BCUT2D eigenvalue weighted by Crippen LogP contribution is -2.60. The van der Waals surface area contributed by atoms with Gasteiger partial charge in [0.2, 0.25) is 0 Å². The second-order valence-corrected chi connectivity index (χ2v) is 11.0. The molecule has 0 radical (unpaired) electrons. The van der Waals surface area contributed by atoms with Gasteiger partial charge in [-0.05, 0) is 85.3 Å². The number of rotatable bonds is 8. The Morgan fingerprint density at radius 1 is 1.09 bits per heavy atom. The van der Waals surface area contributed by atoms with Gasteiger partial charge in [-0.1, -0.05) is 37.3 Å². The van der Waals surface area contributed by atoms with E-state index in [1.54, 1.807) is 12.4 Å². The first kappa shape index (κ1) is 22.9. The van der Waals surface area contributed by atoms with Crippen molar-refractivity contribution in [2.75, 3.05) is 5.32 Å². The number of amides is 2. The molecule has 3 atom stereocenters. The number of anilines is 1. The highest BCUT2D eigenvalue weighted by Gasteiger charge is 2.55. The second kappa shape index (κ2) is 9.77. The fourth-order valence-corrected chi connectivity index (χ4v) is 7.33. The van der Waals surface area contributed by atoms with Gasteiger partial charge in [0.25, 0.3) is 0 Å². The van der Waals surface area contributed by atoms with Crippen LogP contribution in [-0.4, -0.2) is 23.0 Å². The van der Waals surface area contributed by atoms with Crippen molar-refractivity contribution in [3.05, 3.63) is 60.4 Å². The lowest BCUT2D eigenvalue weighted by atomic mass is 9.46. The molecule has 2 aromatic rings. The van der Waals surface area contributed by atoms with Crippen molar-refractivity contribution in [1.82, 2.24) is 10.3 Å². The Bertz CT molecular complexity index is 980. The number of benzene rings is 1. The molecule has 1 heterocycles. The van der Waals surface area contributed by atoms with E-state index < -0.39 is 0 Å². The largest absolute Gasteiger partial charge is 0.461 e. The van der Waals surface area contributed by atoms with Crippen LogP contribution in [0.5, 0.6) is 0 Å². The molecule has 6 heteroatoms. The van der Waals surface area contributed by atoms with E-state index in [2.05, 4.69) is 22.5 Å². The zero-order valence-electron chi connectivity index (χ0n) is 19.9. The van der Waals surface area contributed by atoms with Crippen molar-refractivity contribution in [1.29, 1.82) is 0 Å². The number of hydrogen-bond donors (Lipinski definition) is 2. The Balaban J connectivity index is 1.13. The predicted molar refractivity (Wildman–Crippen MR) is 131 cm³/mol. The lowest BCUT2D eigenvalue weighted by molar-refractivity contribution is -0.146. The molecule has 4 saturated carbocycles. The van der Waals surface area contributed by atoms with Gasteiger partial charge in [0.15, 0.2) is 0 Å². The zero-order chi connectivity index (χ0) is 23.5. The highest BCUT2D eigenvalue weighted by atomic mass is 16.5. The van der Waals surface area contributed by atoms with Crippen LogP contribution in [0.15, 0.2) is 54.9 Å². The summed E-state index contributed by atoms with van der Waals surface area (Å²) in [5.41, 5.74) is 2.05. The fourth-order valence-electron chi connectivity index (χ4n) is 7.33. The molecule has 1 aromatic carbocycles. The minimum Gasteiger partial charge on any atom is -0.461 e. The van der Waals surface area contributed by atoms with E-state index in [1.165, 1.54) is 19.3 Å². The number of carbonyl (C=O) groups is 2. The predicted octanol–water partition coefficient (Wildman–Crippen LogP) is 5.56. The van der Waals surface area contributed by atoms with Gasteiger partial charge < -0.3 is 15.4 Å². The van der Waals surface area contributed by atoms with E-state index >= 15 is 0 Å². The SMILES string of the molecule is CC(CC(=O)OCc1ccccc1)CC12CC3CC(C1)C(NC(=O)Nc1cccnc1)C(C3)C2. The maximum absolute atomic E-state index is 12.6. The van der Waals surface area contributed by atoms with Crippen LogP contribution < -0.4 is 10.6 Å². The van der Waals surface area contributed by atoms with Gasteiger partial charge in [0.05, 0.1) is 11.9 Å². The third kappa shape index (κ3) is 5.26. The van der Waals surface area contributed by atoms with Crippen LogP contribution >= 0.6 is 0 Å². The van der Waals surface area contributed by atoms with E-state index in [0.717, 1.165) is 30.7 Å². The summed E-state index contributed by atoms with van der Waals surface area (Å²) in [5.74, 6) is 2.02. The average Bonchev–Trinajstić information content (AvgIpc) is 2.80. The van der Waals surface area contributed by atoms with Crippen LogP contribution in [0.4, 0.5) is 10.5 Å². The smallest absolute Gasteiger partial charge is 0.319 e. The number of urea groups is 1. The molecule has 1 aromatic heterocycles. The maximum Gasteiger partial charge on any atom is 0.319 e. The van der Waals surface area contributed by atoms with Crippen molar-refractivity contribution < 1.29 is 14.3 Å². The van der Waals surface area contributed by atoms with Crippen molar-refractivity contribution in [3.63, 3.8) is 0 Å². The molecule has 0 aliphatic heterocycles. The first-order valence-electron chi connectivity index (χ1n) is 12.7. The molecule has 0 spiro atoms. The molecular formula is C28H35N3O3. The standard InChI is InChI=1S/C28H35N3O3/c1-19(10-25(32)34-18-20-6-3-2-4-7-20)13-28-14-21-11-22(15-28)26(23(12-21)16-28)31-27(33)30-24-8-5-9-29-17-24/h2-9,17,19,21-23,26H,10-16,18H2,1H3,(H2,30,31,33). The number of carbonyl (C=O) groups excluding carboxylic acids is 2. The Kier molecular flexibility index (Phi) is 6.57. The Morgan fingerprint density at radius 2 is 1.85 bits per heavy atom. The van der Waals surface area contributed by atoms with Gasteiger partial charge >= 0.3 is 12.0 Å². The molecule has 6 rings (SSSR count). The summed E-state index contributed by atoms with van der Waals surface area (Å²) in [6.45, 7) is 2.54. The average molecular weight is 462 g/mol. The summed E-state index contributed by atoms with van der Waals surface area (Å²) in [6, 6.07) is 13.6. The van der Waals surface area contributed by atoms with E-state index in [9.17, 15) is 9.59 Å². The topological polar surface area (TPSA) is 80.3 Å². The summed E-state index contributed by atoms with van der Waals surface area (Å²) in [6.07, 6.45) is 10.9. The van der Waals surface area contributed by atoms with E-state index in [1.807, 2.05) is 42.5 Å². The highest BCUT2D eigenvalue weighted by molar-refractivity contribution is 5.89. The molecule has 2 N–H and O–H groups in total. The summed E-state index contributed by atoms with van der Waals surface area (Å²) in [5, 5.41) is 6.22. The van der Waals surface area contributed by atoms with Crippen LogP contribution in [0.25, 0.3) is 0 Å². The Morgan fingerprint density at radius 3 is 2.56 bits per heavy atom. The molecule has 4 fully saturated rings. The van der Waals surface area contributed by atoms with Crippen LogP contribution in [0, 0.1) is 29.1 Å². The van der Waals surface area contributed by atoms with Gasteiger partial charge in [-0.3, -0.25) is 9.78 Å². The van der Waals surface area contributed by atoms with Gasteiger partial charge in [0.1, 0.15) is 6.61 Å². The number of pyridine rings is 1. The lowest BCUT2D eigenvalue weighted by Gasteiger charge is -2.60. The molecule has 6 nitrogen and oxygen atoms in total. The normalized spacial score (nSPS) is 29.9. The molecule has 3 unspecified atom stereocenters. The first-order chi connectivity index (χ1) is 16.5. The van der Waals surface area contributed by atoms with Gasteiger partial charge in [-0.25, -0.2) is 4.79 Å².